The van der Waals surface area contributed by atoms with Gasteiger partial charge < -0.3 is 43.4 Å². The molecule has 0 aliphatic carbocycles. The number of fused-ring (bicyclic) bond motifs is 3. The number of rotatable bonds is 34. The highest BCUT2D eigenvalue weighted by atomic mass is 16.5. The number of carbonyl (C=O) groups excluding carboxylic acids is 11. The van der Waals surface area contributed by atoms with Crippen molar-refractivity contribution in [2.75, 3.05) is 51.4 Å². The van der Waals surface area contributed by atoms with E-state index in [4.69, 9.17) is 14.2 Å². The van der Waals surface area contributed by atoms with E-state index in [1.54, 1.807) is 116 Å². The molecule has 0 unspecified atom stereocenters. The van der Waals surface area contributed by atoms with E-state index >= 15 is 0 Å². The molecule has 94 heavy (non-hydrogen) atoms. The monoisotopic (exact) mass is 1280 g/mol. The van der Waals surface area contributed by atoms with Crippen molar-refractivity contribution in [3.05, 3.63) is 143 Å². The van der Waals surface area contributed by atoms with E-state index in [1.807, 2.05) is 26.8 Å². The normalized spacial score (nSPS) is 15.0. The zero-order valence-electron chi connectivity index (χ0n) is 54.2. The molecule has 9 rings (SSSR count). The number of nitrogens with zero attached hydrogens (tertiary/aromatic N) is 8. The Morgan fingerprint density at radius 3 is 2.14 bits per heavy atom. The van der Waals surface area contributed by atoms with Crippen molar-refractivity contribution >= 4 is 93.0 Å². The van der Waals surface area contributed by atoms with Crippen molar-refractivity contribution in [1.29, 1.82) is 0 Å². The Bertz CT molecular complexity index is 4020. The third-order valence-corrected chi connectivity index (χ3v) is 17.0. The summed E-state index contributed by atoms with van der Waals surface area (Å²) in [5.74, 6) is -2.95. The van der Waals surface area contributed by atoms with Gasteiger partial charge in [-0.25, -0.2) is 4.98 Å². The number of aromatic nitrogens is 5. The van der Waals surface area contributed by atoms with Crippen LogP contribution >= 0.6 is 0 Å². The average molecular weight is 1290 g/mol. The molecule has 1 saturated heterocycles. The van der Waals surface area contributed by atoms with Gasteiger partial charge in [-0.3, -0.25) is 67.2 Å². The predicted octanol–water partition coefficient (Wildman–Crippen LogP) is 7.12. The Labute approximate surface area is 544 Å². The number of aryl methyl sites for hydroxylation is 4. The third kappa shape index (κ3) is 17.1. The number of Topliss-reactive ketones (excluding diaryl/α,β-unsaturated/α-hetero) is 5. The van der Waals surface area contributed by atoms with Crippen LogP contribution in [0.3, 0.4) is 0 Å². The Hall–Kier alpha value is -9.81. The first-order valence-corrected chi connectivity index (χ1v) is 31.6. The van der Waals surface area contributed by atoms with Crippen LogP contribution in [0.25, 0.3) is 10.9 Å². The first kappa shape index (κ1) is 68.6. The summed E-state index contributed by atoms with van der Waals surface area (Å²) >= 11 is 0. The second kappa shape index (κ2) is 30.7. The maximum absolute atomic E-state index is 14.1. The van der Waals surface area contributed by atoms with Gasteiger partial charge in [0.1, 0.15) is 23.0 Å². The number of hydrogen-bond acceptors (Lipinski definition) is 16. The van der Waals surface area contributed by atoms with Crippen LogP contribution in [0.2, 0.25) is 0 Å². The minimum absolute atomic E-state index is 0.00307. The zero-order valence-corrected chi connectivity index (χ0v) is 54.2. The number of ketones is 5. The number of imide groups is 1. The van der Waals surface area contributed by atoms with Crippen molar-refractivity contribution in [2.45, 2.75) is 110 Å². The molecule has 0 bridgehead atoms. The Kier molecular flexibility index (Phi) is 22.4. The maximum atomic E-state index is 14.1. The van der Waals surface area contributed by atoms with Crippen LogP contribution in [-0.2, 0) is 83.4 Å². The van der Waals surface area contributed by atoms with Gasteiger partial charge in [0.2, 0.25) is 17.6 Å². The predicted molar refractivity (Wildman–Crippen MR) is 348 cm³/mol. The number of ether oxygens (including phenoxy) is 3. The standard InChI is InChI=1S/C70H80N10O14/c1-42(2)53(35-52(82)19-24-93-26-25-92-22-9-11-51(81)18-21-79-65(87)15-16-66(79)88)68(89)72-45(5)59(83)32-46-13-14-56-49(29-46)17-20-78(56)70(91)58-31-48(40-76(58)7)33-60(84)57-30-47(39-75(57)6)34-61(85)67-74-63(41-77(67)8)73-64(86)12-10-23-94-62-36-55-54(28-44(62)4)69(90)80-38-43(3)27-50(80)37-71-55/h13-17,20,28-31,36-37,39-42,45,50,53H,3,9-12,18-19,21-27,32-35,38H2,1-2,4-8H3,(H,72,89)(H,73,86)/t45-,50-,53-/m0/s1. The van der Waals surface area contributed by atoms with Crippen LogP contribution < -0.4 is 15.4 Å². The molecule has 494 valence electrons. The van der Waals surface area contributed by atoms with E-state index in [2.05, 4.69) is 27.2 Å². The number of anilines is 1. The summed E-state index contributed by atoms with van der Waals surface area (Å²) in [5.41, 5.74) is 5.99. The molecule has 0 spiro atoms. The Morgan fingerprint density at radius 1 is 0.713 bits per heavy atom. The van der Waals surface area contributed by atoms with Gasteiger partial charge in [0, 0.05) is 153 Å². The molecule has 4 aromatic heterocycles. The van der Waals surface area contributed by atoms with Gasteiger partial charge in [-0.15, -0.1) is 0 Å². The summed E-state index contributed by atoms with van der Waals surface area (Å²) in [7, 11) is 5.10. The molecule has 3 atom stereocenters. The minimum Gasteiger partial charge on any atom is -0.493 e. The van der Waals surface area contributed by atoms with Gasteiger partial charge in [0.15, 0.2) is 23.2 Å². The molecule has 24 heteroatoms. The van der Waals surface area contributed by atoms with E-state index < -0.39 is 29.7 Å². The van der Waals surface area contributed by atoms with Crippen molar-refractivity contribution in [2.24, 2.45) is 38.0 Å². The van der Waals surface area contributed by atoms with Crippen molar-refractivity contribution in [3.63, 3.8) is 0 Å². The van der Waals surface area contributed by atoms with Gasteiger partial charge >= 0.3 is 0 Å². The van der Waals surface area contributed by atoms with Crippen molar-refractivity contribution < 1.29 is 67.0 Å². The van der Waals surface area contributed by atoms with Gasteiger partial charge in [-0.1, -0.05) is 32.1 Å². The molecule has 6 aromatic rings. The van der Waals surface area contributed by atoms with Gasteiger partial charge in [-0.2, -0.15) is 0 Å². The molecule has 5 amide bonds. The summed E-state index contributed by atoms with van der Waals surface area (Å²) in [6.45, 7) is 12.9. The molecule has 2 N–H and O–H groups in total. The topological polar surface area (TPSA) is 291 Å². The fourth-order valence-electron chi connectivity index (χ4n) is 11.7. The first-order chi connectivity index (χ1) is 44.9. The molecular weight excluding hydrogens is 1200 g/mol. The van der Waals surface area contributed by atoms with E-state index in [-0.39, 0.29) is 155 Å². The number of imidazole rings is 1. The number of carbonyl (C=O) groups is 11. The number of hydrogen-bond donors (Lipinski definition) is 2. The van der Waals surface area contributed by atoms with Gasteiger partial charge in [-0.05, 0) is 97.7 Å². The van der Waals surface area contributed by atoms with Crippen LogP contribution in [0.5, 0.6) is 5.75 Å². The largest absolute Gasteiger partial charge is 0.493 e. The van der Waals surface area contributed by atoms with Crippen LogP contribution in [0.15, 0.2) is 103 Å². The summed E-state index contributed by atoms with van der Waals surface area (Å²) in [4.78, 5) is 155. The fourth-order valence-corrected chi connectivity index (χ4v) is 11.7. The van der Waals surface area contributed by atoms with E-state index in [9.17, 15) is 52.7 Å². The average Bonchev–Trinajstić information content (AvgIpc) is 1.62. The Morgan fingerprint density at radius 2 is 1.40 bits per heavy atom. The SMILES string of the molecule is C=C1C[C@H]2C=Nc3cc(OCCCC(=O)Nc4cn(C)c(C(=O)Cc5cc(C(=O)Cc6cc(C(=O)n7ccc8cc(CC(=O)[C@H](C)NC(=O)[C@@H](CC(=O)CCOCCOCCCC(=O)CCN9C(=O)C=CC9=O)C(C)C)ccc87)n(C)c6)n(C)c5)n4)c(C)cc3C(=O)N2C1. The van der Waals surface area contributed by atoms with Crippen molar-refractivity contribution in [3.8, 4) is 5.75 Å². The summed E-state index contributed by atoms with van der Waals surface area (Å²) in [5, 5.41) is 6.29. The van der Waals surface area contributed by atoms with E-state index in [0.29, 0.717) is 88.4 Å². The molecule has 7 heterocycles. The quantitative estimate of drug-likeness (QED) is 0.0176. The smallest absolute Gasteiger partial charge is 0.278 e. The molecular formula is C70H80N10O14. The van der Waals surface area contributed by atoms with E-state index in [0.717, 1.165) is 16.0 Å². The van der Waals surface area contributed by atoms with Crippen LogP contribution in [-0.4, -0.2) is 162 Å². The van der Waals surface area contributed by atoms with E-state index in [1.165, 1.54) is 21.3 Å². The lowest BCUT2D eigenvalue weighted by molar-refractivity contribution is -0.137. The highest BCUT2D eigenvalue weighted by Crippen LogP contribution is 2.35. The number of benzene rings is 2. The van der Waals surface area contributed by atoms with Crippen molar-refractivity contribution in [1.82, 2.24) is 38.4 Å². The molecule has 24 nitrogen and oxygen atoms in total. The van der Waals surface area contributed by atoms with Crippen LogP contribution in [0.1, 0.15) is 136 Å². The maximum Gasteiger partial charge on any atom is 0.278 e. The lowest BCUT2D eigenvalue weighted by atomic mass is 9.88. The first-order valence-electron chi connectivity index (χ1n) is 31.6. The third-order valence-electron chi connectivity index (χ3n) is 17.0. The number of aliphatic imine (C=N–C) groups is 1. The molecule has 0 radical (unpaired) electrons. The zero-order chi connectivity index (χ0) is 67.5. The molecule has 0 saturated carbocycles. The number of amides is 5. The van der Waals surface area contributed by atoms with Gasteiger partial charge in [0.25, 0.3) is 23.6 Å². The highest BCUT2D eigenvalue weighted by molar-refractivity contribution is 6.13. The molecule has 1 fully saturated rings. The highest BCUT2D eigenvalue weighted by Gasteiger charge is 2.35. The lowest BCUT2D eigenvalue weighted by Crippen LogP contribution is -2.44. The van der Waals surface area contributed by atoms with Gasteiger partial charge in [0.05, 0.1) is 61.0 Å². The summed E-state index contributed by atoms with van der Waals surface area (Å²) in [6, 6.07) is 13.0. The second-order valence-electron chi connectivity index (χ2n) is 24.7. The molecule has 2 aromatic carbocycles. The summed E-state index contributed by atoms with van der Waals surface area (Å²) in [6.07, 6.45) is 12.8. The molecule has 3 aliphatic rings. The Balaban J connectivity index is 0.681. The lowest BCUT2D eigenvalue weighted by Gasteiger charge is -2.22. The van der Waals surface area contributed by atoms with Crippen LogP contribution in [0, 0.1) is 18.8 Å². The summed E-state index contributed by atoms with van der Waals surface area (Å²) < 4.78 is 23.5. The molecule has 3 aliphatic heterocycles. The van der Waals surface area contributed by atoms with Crippen LogP contribution in [0.4, 0.5) is 11.5 Å². The second-order valence-corrected chi connectivity index (χ2v) is 24.7. The minimum atomic E-state index is -0.848. The fraction of sp³-hybridized carbons (Fsp3) is 0.414. The number of nitrogens with one attached hydrogen (secondary N) is 2.